The van der Waals surface area contributed by atoms with Crippen LogP contribution in [-0.4, -0.2) is 54.3 Å². The van der Waals surface area contributed by atoms with Crippen LogP contribution in [-0.2, 0) is 27.3 Å². The molecule has 0 saturated carbocycles. The lowest BCUT2D eigenvalue weighted by molar-refractivity contribution is -0.123. The number of nitrogens with zero attached hydrogens (tertiary/aromatic N) is 1. The summed E-state index contributed by atoms with van der Waals surface area (Å²) in [6, 6.07) is 18.2. The standard InChI is InChI=1S/C29H39N3O5/c1-29(2,3)37-28(35)32-18-15-22(16-19-32)14-17-30-26(33)25(20-23-10-6-4-7-11-23)31-27(34)36-21-24-12-8-5-9-13-24/h4-13,22,25H,14-21H2,1-3H3,(H,30,33)(H,31,34)/t25-/m1/s1. The molecule has 2 aromatic carbocycles. The smallest absolute Gasteiger partial charge is 0.410 e. The minimum absolute atomic E-state index is 0.133. The maximum atomic E-state index is 13.0. The molecule has 0 aromatic heterocycles. The third kappa shape index (κ3) is 10.1. The third-order valence-electron chi connectivity index (χ3n) is 6.22. The molecule has 1 heterocycles. The van der Waals surface area contributed by atoms with Gasteiger partial charge in [0.15, 0.2) is 0 Å². The molecule has 1 aliphatic rings. The Bertz CT molecular complexity index is 999. The van der Waals surface area contributed by atoms with Crippen LogP contribution < -0.4 is 10.6 Å². The zero-order valence-electron chi connectivity index (χ0n) is 22.1. The summed E-state index contributed by atoms with van der Waals surface area (Å²) in [6.45, 7) is 7.53. The van der Waals surface area contributed by atoms with Gasteiger partial charge >= 0.3 is 12.2 Å². The van der Waals surface area contributed by atoms with E-state index in [9.17, 15) is 14.4 Å². The molecule has 2 aromatic rings. The van der Waals surface area contributed by atoms with E-state index in [0.29, 0.717) is 32.0 Å². The highest BCUT2D eigenvalue weighted by Gasteiger charge is 2.27. The molecule has 0 radical (unpaired) electrons. The first-order valence-corrected chi connectivity index (χ1v) is 13.0. The molecule has 1 atom stereocenters. The highest BCUT2D eigenvalue weighted by atomic mass is 16.6. The van der Waals surface area contributed by atoms with E-state index in [1.54, 1.807) is 4.90 Å². The van der Waals surface area contributed by atoms with Gasteiger partial charge in [0.2, 0.25) is 5.91 Å². The highest BCUT2D eigenvalue weighted by Crippen LogP contribution is 2.22. The first-order chi connectivity index (χ1) is 17.7. The summed E-state index contributed by atoms with van der Waals surface area (Å²) in [7, 11) is 0. The van der Waals surface area contributed by atoms with Gasteiger partial charge in [-0.25, -0.2) is 9.59 Å². The zero-order valence-corrected chi connectivity index (χ0v) is 22.1. The second-order valence-electron chi connectivity index (χ2n) is 10.4. The van der Waals surface area contributed by atoms with Crippen molar-refractivity contribution in [3.05, 3.63) is 71.8 Å². The Labute approximate surface area is 219 Å². The van der Waals surface area contributed by atoms with Crippen LogP contribution in [0.15, 0.2) is 60.7 Å². The molecule has 1 aliphatic heterocycles. The van der Waals surface area contributed by atoms with Crippen LogP contribution >= 0.6 is 0 Å². The Hall–Kier alpha value is -3.55. The van der Waals surface area contributed by atoms with Crippen LogP contribution in [0.5, 0.6) is 0 Å². The van der Waals surface area contributed by atoms with Gasteiger partial charge in [-0.05, 0) is 57.1 Å². The second kappa shape index (κ2) is 13.7. The molecule has 8 nitrogen and oxygen atoms in total. The number of benzene rings is 2. The average Bonchev–Trinajstić information content (AvgIpc) is 2.87. The second-order valence-corrected chi connectivity index (χ2v) is 10.4. The van der Waals surface area contributed by atoms with E-state index in [1.807, 2.05) is 81.4 Å². The van der Waals surface area contributed by atoms with Crippen LogP contribution in [0.2, 0.25) is 0 Å². The number of carbonyl (C=O) groups is 3. The fraction of sp³-hybridized carbons (Fsp3) is 0.483. The number of carbonyl (C=O) groups excluding carboxylic acids is 3. The first-order valence-electron chi connectivity index (χ1n) is 13.0. The molecule has 3 rings (SSSR count). The van der Waals surface area contributed by atoms with Crippen molar-refractivity contribution in [1.29, 1.82) is 0 Å². The molecule has 37 heavy (non-hydrogen) atoms. The molecule has 1 saturated heterocycles. The Morgan fingerprint density at radius 2 is 1.54 bits per heavy atom. The molecule has 1 fully saturated rings. The van der Waals surface area contributed by atoms with E-state index >= 15 is 0 Å². The van der Waals surface area contributed by atoms with Crippen LogP contribution in [0, 0.1) is 5.92 Å². The summed E-state index contributed by atoms with van der Waals surface area (Å²) >= 11 is 0. The minimum atomic E-state index is -0.750. The van der Waals surface area contributed by atoms with E-state index in [0.717, 1.165) is 30.4 Å². The maximum Gasteiger partial charge on any atom is 0.410 e. The predicted molar refractivity (Wildman–Crippen MR) is 142 cm³/mol. The SMILES string of the molecule is CC(C)(C)OC(=O)N1CCC(CCNC(=O)[C@@H](Cc2ccccc2)NC(=O)OCc2ccccc2)CC1. The monoisotopic (exact) mass is 509 g/mol. The number of amides is 3. The number of alkyl carbamates (subject to hydrolysis) is 1. The molecule has 2 N–H and O–H groups in total. The molecule has 0 bridgehead atoms. The van der Waals surface area contributed by atoms with Crippen molar-refractivity contribution in [2.24, 2.45) is 5.92 Å². The van der Waals surface area contributed by atoms with Crippen LogP contribution in [0.1, 0.15) is 51.2 Å². The molecule has 8 heteroatoms. The Morgan fingerprint density at radius 3 is 2.14 bits per heavy atom. The molecule has 3 amide bonds. The fourth-order valence-electron chi connectivity index (χ4n) is 4.22. The highest BCUT2D eigenvalue weighted by molar-refractivity contribution is 5.85. The lowest BCUT2D eigenvalue weighted by Crippen LogP contribution is -2.48. The third-order valence-corrected chi connectivity index (χ3v) is 6.22. The van der Waals surface area contributed by atoms with Crippen LogP contribution in [0.4, 0.5) is 9.59 Å². The van der Waals surface area contributed by atoms with E-state index < -0.39 is 17.7 Å². The molecular formula is C29H39N3O5. The number of rotatable bonds is 9. The normalized spacial score (nSPS) is 14.9. The van der Waals surface area contributed by atoms with Crippen molar-refractivity contribution in [2.75, 3.05) is 19.6 Å². The van der Waals surface area contributed by atoms with Gasteiger partial charge in [0.25, 0.3) is 0 Å². The van der Waals surface area contributed by atoms with E-state index in [4.69, 9.17) is 9.47 Å². The van der Waals surface area contributed by atoms with E-state index in [2.05, 4.69) is 10.6 Å². The Kier molecular flexibility index (Phi) is 10.4. The van der Waals surface area contributed by atoms with Crippen molar-refractivity contribution in [3.63, 3.8) is 0 Å². The Morgan fingerprint density at radius 1 is 0.946 bits per heavy atom. The van der Waals surface area contributed by atoms with Crippen molar-refractivity contribution in [2.45, 2.75) is 64.7 Å². The topological polar surface area (TPSA) is 97.0 Å². The van der Waals surface area contributed by atoms with Crippen LogP contribution in [0.25, 0.3) is 0 Å². The van der Waals surface area contributed by atoms with Gasteiger partial charge in [0.1, 0.15) is 18.2 Å². The molecule has 200 valence electrons. The minimum Gasteiger partial charge on any atom is -0.445 e. The molecular weight excluding hydrogens is 470 g/mol. The first kappa shape index (κ1) is 28.0. The van der Waals surface area contributed by atoms with E-state index in [-0.39, 0.29) is 18.6 Å². The largest absolute Gasteiger partial charge is 0.445 e. The fourth-order valence-corrected chi connectivity index (χ4v) is 4.22. The van der Waals surface area contributed by atoms with Gasteiger partial charge in [0, 0.05) is 26.1 Å². The van der Waals surface area contributed by atoms with Gasteiger partial charge in [-0.1, -0.05) is 60.7 Å². The lowest BCUT2D eigenvalue weighted by Gasteiger charge is -2.33. The summed E-state index contributed by atoms with van der Waals surface area (Å²) in [5.74, 6) is 0.169. The summed E-state index contributed by atoms with van der Waals surface area (Å²) in [6.07, 6.45) is 2.01. The number of hydrogen-bond donors (Lipinski definition) is 2. The van der Waals surface area contributed by atoms with Gasteiger partial charge < -0.3 is 25.0 Å². The number of hydrogen-bond acceptors (Lipinski definition) is 5. The van der Waals surface area contributed by atoms with Gasteiger partial charge in [-0.2, -0.15) is 0 Å². The summed E-state index contributed by atoms with van der Waals surface area (Å²) in [4.78, 5) is 39.5. The number of piperidine rings is 1. The molecule has 0 unspecified atom stereocenters. The zero-order chi connectivity index (χ0) is 26.7. The van der Waals surface area contributed by atoms with Crippen LogP contribution in [0.3, 0.4) is 0 Å². The number of ether oxygens (including phenoxy) is 2. The quantitative estimate of drug-likeness (QED) is 0.512. The Balaban J connectivity index is 1.46. The average molecular weight is 510 g/mol. The number of likely N-dealkylation sites (tertiary alicyclic amines) is 1. The predicted octanol–water partition coefficient (Wildman–Crippen LogP) is 4.68. The van der Waals surface area contributed by atoms with Crippen molar-refractivity contribution < 1.29 is 23.9 Å². The van der Waals surface area contributed by atoms with Crippen molar-refractivity contribution in [3.8, 4) is 0 Å². The van der Waals surface area contributed by atoms with Crippen molar-refractivity contribution >= 4 is 18.1 Å². The number of nitrogens with one attached hydrogen (secondary N) is 2. The van der Waals surface area contributed by atoms with E-state index in [1.165, 1.54) is 0 Å². The molecule has 0 aliphatic carbocycles. The summed E-state index contributed by atoms with van der Waals surface area (Å²) in [5.41, 5.74) is 1.32. The van der Waals surface area contributed by atoms with Gasteiger partial charge in [-0.15, -0.1) is 0 Å². The van der Waals surface area contributed by atoms with Crippen molar-refractivity contribution in [1.82, 2.24) is 15.5 Å². The maximum absolute atomic E-state index is 13.0. The lowest BCUT2D eigenvalue weighted by atomic mass is 9.93. The summed E-state index contributed by atoms with van der Waals surface area (Å²) < 4.78 is 10.8. The molecule has 0 spiro atoms. The summed E-state index contributed by atoms with van der Waals surface area (Å²) in [5, 5.41) is 5.71. The van der Waals surface area contributed by atoms with Gasteiger partial charge in [-0.3, -0.25) is 4.79 Å². The van der Waals surface area contributed by atoms with Gasteiger partial charge in [0.05, 0.1) is 0 Å².